The van der Waals surface area contributed by atoms with Crippen LogP contribution >= 0.6 is 0 Å². The smallest absolute Gasteiger partial charge is 0.289 e. The third kappa shape index (κ3) is 2.63. The molecular weight excluding hydrogens is 292 g/mol. The minimum absolute atomic E-state index is 0.0556. The summed E-state index contributed by atoms with van der Waals surface area (Å²) in [5, 5.41) is 0.953. The van der Waals surface area contributed by atoms with E-state index in [1.165, 1.54) is 0 Å². The van der Waals surface area contributed by atoms with Crippen molar-refractivity contribution in [2.45, 2.75) is 0 Å². The van der Waals surface area contributed by atoms with Gasteiger partial charge in [-0.05, 0) is 12.1 Å². The molecule has 1 amide bonds. The molecule has 1 aliphatic rings. The number of nitrogens with zero attached hydrogens (tertiary/aromatic N) is 4. The Morgan fingerprint density at radius 3 is 2.65 bits per heavy atom. The second-order valence-electron chi connectivity index (χ2n) is 5.49. The average molecular weight is 308 g/mol. The first-order valence-corrected chi connectivity index (χ1v) is 7.60. The summed E-state index contributed by atoms with van der Waals surface area (Å²) in [4.78, 5) is 24.9. The van der Waals surface area contributed by atoms with Crippen LogP contribution in [0.3, 0.4) is 0 Å². The molecule has 3 heterocycles. The summed E-state index contributed by atoms with van der Waals surface area (Å²) in [5.74, 6) is 1.20. The third-order valence-corrected chi connectivity index (χ3v) is 4.08. The second-order valence-corrected chi connectivity index (χ2v) is 5.49. The molecule has 1 saturated heterocycles. The molecule has 0 saturated carbocycles. The van der Waals surface area contributed by atoms with Crippen molar-refractivity contribution in [1.29, 1.82) is 0 Å². The highest BCUT2D eigenvalue weighted by Gasteiger charge is 2.25. The Kier molecular flexibility index (Phi) is 3.42. The Morgan fingerprint density at radius 2 is 1.91 bits per heavy atom. The Hall–Kier alpha value is -2.89. The van der Waals surface area contributed by atoms with Crippen LogP contribution in [-0.4, -0.2) is 47.0 Å². The molecule has 23 heavy (non-hydrogen) atoms. The van der Waals surface area contributed by atoms with Crippen molar-refractivity contribution in [1.82, 2.24) is 14.9 Å². The summed E-state index contributed by atoms with van der Waals surface area (Å²) >= 11 is 0. The summed E-state index contributed by atoms with van der Waals surface area (Å²) in [6.45, 7) is 2.77. The number of hydrogen-bond donors (Lipinski definition) is 0. The highest BCUT2D eigenvalue weighted by Crippen LogP contribution is 2.21. The number of amides is 1. The minimum atomic E-state index is -0.0556. The number of anilines is 1. The molecule has 0 N–H and O–H groups in total. The second kappa shape index (κ2) is 5.72. The first kappa shape index (κ1) is 13.8. The number of carbonyl (C=O) groups excluding carboxylic acids is 1. The maximum atomic E-state index is 12.6. The van der Waals surface area contributed by atoms with Crippen molar-refractivity contribution in [2.24, 2.45) is 0 Å². The number of para-hydroxylation sites is 1. The van der Waals surface area contributed by atoms with E-state index < -0.39 is 0 Å². The van der Waals surface area contributed by atoms with Gasteiger partial charge in [0.2, 0.25) is 0 Å². The largest absolute Gasteiger partial charge is 0.451 e. The zero-order chi connectivity index (χ0) is 15.6. The fraction of sp³-hybridized carbons (Fsp3) is 0.235. The highest BCUT2D eigenvalue weighted by molar-refractivity contribution is 5.96. The summed E-state index contributed by atoms with van der Waals surface area (Å²) in [5.41, 5.74) is 0.744. The maximum absolute atomic E-state index is 12.6. The molecular formula is C17H16N4O2. The summed E-state index contributed by atoms with van der Waals surface area (Å²) in [7, 11) is 0. The Balaban J connectivity index is 1.46. The van der Waals surface area contributed by atoms with Crippen molar-refractivity contribution in [3.05, 3.63) is 54.7 Å². The van der Waals surface area contributed by atoms with E-state index in [4.69, 9.17) is 4.42 Å². The van der Waals surface area contributed by atoms with Crippen molar-refractivity contribution in [3.63, 3.8) is 0 Å². The Bertz CT molecular complexity index is 790. The van der Waals surface area contributed by atoms with Crippen LogP contribution in [0.5, 0.6) is 0 Å². The van der Waals surface area contributed by atoms with Gasteiger partial charge in [-0.1, -0.05) is 18.2 Å². The van der Waals surface area contributed by atoms with Gasteiger partial charge in [0.1, 0.15) is 11.4 Å². The van der Waals surface area contributed by atoms with Gasteiger partial charge in [0.15, 0.2) is 5.76 Å². The summed E-state index contributed by atoms with van der Waals surface area (Å²) < 4.78 is 5.67. The van der Waals surface area contributed by atoms with Gasteiger partial charge in [-0.25, -0.2) is 4.98 Å². The van der Waals surface area contributed by atoms with Gasteiger partial charge in [-0.2, -0.15) is 0 Å². The molecule has 0 bridgehead atoms. The van der Waals surface area contributed by atoms with E-state index in [-0.39, 0.29) is 5.91 Å². The normalized spacial score (nSPS) is 15.1. The topological polar surface area (TPSA) is 62.5 Å². The number of aromatic nitrogens is 2. The van der Waals surface area contributed by atoms with Gasteiger partial charge in [0.25, 0.3) is 5.91 Å². The quantitative estimate of drug-likeness (QED) is 0.726. The highest BCUT2D eigenvalue weighted by atomic mass is 16.3. The van der Waals surface area contributed by atoms with Gasteiger partial charge in [0.05, 0.1) is 6.20 Å². The van der Waals surface area contributed by atoms with E-state index >= 15 is 0 Å². The first-order chi connectivity index (χ1) is 11.3. The van der Waals surface area contributed by atoms with Gasteiger partial charge in [0, 0.05) is 44.0 Å². The third-order valence-electron chi connectivity index (χ3n) is 4.08. The average Bonchev–Trinajstić information content (AvgIpc) is 3.06. The Morgan fingerprint density at radius 1 is 1.09 bits per heavy atom. The molecule has 1 aromatic carbocycles. The monoisotopic (exact) mass is 308 g/mol. The van der Waals surface area contributed by atoms with E-state index in [0.717, 1.165) is 29.9 Å². The molecule has 6 heteroatoms. The fourth-order valence-corrected chi connectivity index (χ4v) is 2.84. The van der Waals surface area contributed by atoms with Crippen LogP contribution in [0.1, 0.15) is 10.6 Å². The zero-order valence-electron chi connectivity index (χ0n) is 12.6. The number of carbonyl (C=O) groups is 1. The molecule has 1 fully saturated rings. The van der Waals surface area contributed by atoms with E-state index in [1.54, 1.807) is 18.6 Å². The number of fused-ring (bicyclic) bond motifs is 1. The van der Waals surface area contributed by atoms with Crippen molar-refractivity contribution >= 4 is 22.7 Å². The van der Waals surface area contributed by atoms with E-state index in [9.17, 15) is 4.79 Å². The zero-order valence-corrected chi connectivity index (χ0v) is 12.6. The summed E-state index contributed by atoms with van der Waals surface area (Å²) in [6.07, 6.45) is 5.09. The maximum Gasteiger partial charge on any atom is 0.289 e. The van der Waals surface area contributed by atoms with E-state index in [0.29, 0.717) is 18.8 Å². The van der Waals surface area contributed by atoms with Gasteiger partial charge in [-0.3, -0.25) is 9.78 Å². The number of furan rings is 1. The lowest BCUT2D eigenvalue weighted by Gasteiger charge is -2.34. The van der Waals surface area contributed by atoms with Crippen molar-refractivity contribution in [3.8, 4) is 0 Å². The SMILES string of the molecule is O=C(c1cc2ccccc2o1)N1CCN(c2cnccn2)CC1. The lowest BCUT2D eigenvalue weighted by molar-refractivity contribution is 0.0717. The number of benzene rings is 1. The molecule has 0 atom stereocenters. The molecule has 0 radical (unpaired) electrons. The van der Waals surface area contributed by atoms with Crippen molar-refractivity contribution in [2.75, 3.05) is 31.1 Å². The first-order valence-electron chi connectivity index (χ1n) is 7.60. The van der Waals surface area contributed by atoms with Gasteiger partial charge >= 0.3 is 0 Å². The van der Waals surface area contributed by atoms with Crippen LogP contribution in [-0.2, 0) is 0 Å². The van der Waals surface area contributed by atoms with E-state index in [2.05, 4.69) is 14.9 Å². The molecule has 4 rings (SSSR count). The number of piperazine rings is 1. The molecule has 2 aromatic heterocycles. The van der Waals surface area contributed by atoms with Crippen LogP contribution in [0.25, 0.3) is 11.0 Å². The predicted molar refractivity (Wildman–Crippen MR) is 86.4 cm³/mol. The van der Waals surface area contributed by atoms with Gasteiger partial charge < -0.3 is 14.2 Å². The minimum Gasteiger partial charge on any atom is -0.451 e. The molecule has 6 nitrogen and oxygen atoms in total. The molecule has 1 aliphatic heterocycles. The molecule has 116 valence electrons. The van der Waals surface area contributed by atoms with Crippen molar-refractivity contribution < 1.29 is 9.21 Å². The molecule has 0 spiro atoms. The van der Waals surface area contributed by atoms with Crippen LogP contribution in [0, 0.1) is 0 Å². The number of rotatable bonds is 2. The molecule has 0 aliphatic carbocycles. The van der Waals surface area contributed by atoms with Gasteiger partial charge in [-0.15, -0.1) is 0 Å². The summed E-state index contributed by atoms with van der Waals surface area (Å²) in [6, 6.07) is 9.47. The molecule has 3 aromatic rings. The number of hydrogen-bond acceptors (Lipinski definition) is 5. The standard InChI is InChI=1S/C17H16N4O2/c22-17(15-11-13-3-1-2-4-14(13)23-15)21-9-7-20(8-10-21)16-12-18-5-6-19-16/h1-6,11-12H,7-10H2. The Labute approximate surface area is 133 Å². The lowest BCUT2D eigenvalue weighted by Crippen LogP contribution is -2.49. The molecule has 0 unspecified atom stereocenters. The van der Waals surface area contributed by atoms with Crippen LogP contribution < -0.4 is 4.90 Å². The van der Waals surface area contributed by atoms with Crippen LogP contribution in [0.15, 0.2) is 53.3 Å². The fourth-order valence-electron chi connectivity index (χ4n) is 2.84. The lowest BCUT2D eigenvalue weighted by atomic mass is 10.2. The van der Waals surface area contributed by atoms with Crippen LogP contribution in [0.4, 0.5) is 5.82 Å². The van der Waals surface area contributed by atoms with E-state index in [1.807, 2.05) is 35.2 Å². The van der Waals surface area contributed by atoms with Crippen LogP contribution in [0.2, 0.25) is 0 Å². The predicted octanol–water partition coefficient (Wildman–Crippen LogP) is 2.19.